The van der Waals surface area contributed by atoms with E-state index in [4.69, 9.17) is 0 Å². The van der Waals surface area contributed by atoms with Crippen LogP contribution in [-0.2, 0) is 6.54 Å². The molecule has 0 radical (unpaired) electrons. The van der Waals surface area contributed by atoms with E-state index in [1.807, 2.05) is 29.3 Å². The van der Waals surface area contributed by atoms with Gasteiger partial charge in [-0.25, -0.2) is 0 Å². The smallest absolute Gasteiger partial charge is 0.156 e. The highest BCUT2D eigenvalue weighted by atomic mass is 79.9. The first-order valence-electron chi connectivity index (χ1n) is 4.02. The molecule has 1 nitrogen and oxygen atoms in total. The molecular formula is C11H10BrN. The number of hydrogen-bond donors (Lipinski definition) is 0. The number of hydrogen-bond acceptors (Lipinski definition) is 1. The Morgan fingerprint density at radius 2 is 1.92 bits per heavy atom. The molecule has 66 valence electrons. The average molecular weight is 236 g/mol. The first kappa shape index (κ1) is 9.97. The van der Waals surface area contributed by atoms with E-state index in [9.17, 15) is 0 Å². The SMILES string of the molecule is [Br-].[C+]1=CC=CN1Cc1ccccc1. The summed E-state index contributed by atoms with van der Waals surface area (Å²) >= 11 is 0. The van der Waals surface area contributed by atoms with Gasteiger partial charge in [0.05, 0.1) is 6.54 Å². The third kappa shape index (κ3) is 2.69. The van der Waals surface area contributed by atoms with Gasteiger partial charge < -0.3 is 17.0 Å². The zero-order chi connectivity index (χ0) is 8.23. The fraction of sp³-hybridized carbons (Fsp3) is 0.0909. The molecule has 0 aromatic heterocycles. The molecule has 2 heteroatoms. The normalized spacial score (nSPS) is 12.5. The lowest BCUT2D eigenvalue weighted by Crippen LogP contribution is -3.00. The molecule has 0 spiro atoms. The van der Waals surface area contributed by atoms with E-state index in [1.165, 1.54) is 5.56 Å². The molecule has 1 aliphatic heterocycles. The fourth-order valence-electron chi connectivity index (χ4n) is 1.21. The van der Waals surface area contributed by atoms with Crippen molar-refractivity contribution >= 4 is 0 Å². The molecule has 0 fully saturated rings. The number of nitrogens with zero attached hydrogens (tertiary/aromatic N) is 1. The van der Waals surface area contributed by atoms with Gasteiger partial charge in [0, 0.05) is 0 Å². The highest BCUT2D eigenvalue weighted by Crippen LogP contribution is 2.07. The van der Waals surface area contributed by atoms with Gasteiger partial charge in [0.2, 0.25) is 0 Å². The van der Waals surface area contributed by atoms with E-state index < -0.39 is 0 Å². The van der Waals surface area contributed by atoms with Gasteiger partial charge in [0.1, 0.15) is 18.4 Å². The molecule has 0 saturated carbocycles. The van der Waals surface area contributed by atoms with Crippen molar-refractivity contribution in [2.45, 2.75) is 6.54 Å². The van der Waals surface area contributed by atoms with Gasteiger partial charge in [-0.2, -0.15) is 4.90 Å². The first-order chi connectivity index (χ1) is 5.95. The monoisotopic (exact) mass is 235 g/mol. The summed E-state index contributed by atoms with van der Waals surface area (Å²) in [5.74, 6) is 0. The Bertz CT molecular complexity index is 291. The lowest BCUT2D eigenvalue weighted by Gasteiger charge is -2.02. The van der Waals surface area contributed by atoms with Crippen LogP contribution in [0.3, 0.4) is 0 Å². The summed E-state index contributed by atoms with van der Waals surface area (Å²) in [6.07, 6.45) is 9.03. The Balaban J connectivity index is 0.000000845. The van der Waals surface area contributed by atoms with Gasteiger partial charge >= 0.3 is 0 Å². The van der Waals surface area contributed by atoms with Crippen molar-refractivity contribution < 1.29 is 17.0 Å². The van der Waals surface area contributed by atoms with Crippen LogP contribution in [0.25, 0.3) is 0 Å². The fourth-order valence-corrected chi connectivity index (χ4v) is 1.21. The predicted molar refractivity (Wildman–Crippen MR) is 48.9 cm³/mol. The second-order valence-electron chi connectivity index (χ2n) is 2.75. The molecule has 1 aromatic carbocycles. The second-order valence-corrected chi connectivity index (χ2v) is 2.75. The Labute approximate surface area is 89.1 Å². The molecule has 2 rings (SSSR count). The lowest BCUT2D eigenvalue weighted by molar-refractivity contribution is -0.00000239. The van der Waals surface area contributed by atoms with Crippen LogP contribution in [0.4, 0.5) is 0 Å². The minimum Gasteiger partial charge on any atom is -1.00 e. The van der Waals surface area contributed by atoms with Gasteiger partial charge in [-0.3, -0.25) is 0 Å². The summed E-state index contributed by atoms with van der Waals surface area (Å²) < 4.78 is 0. The minimum absolute atomic E-state index is 0. The van der Waals surface area contributed by atoms with E-state index in [-0.39, 0.29) is 17.0 Å². The topological polar surface area (TPSA) is 3.24 Å². The number of benzene rings is 1. The summed E-state index contributed by atoms with van der Waals surface area (Å²) in [5, 5.41) is 0. The molecule has 0 N–H and O–H groups in total. The maximum absolute atomic E-state index is 3.10. The molecule has 0 unspecified atom stereocenters. The van der Waals surface area contributed by atoms with Gasteiger partial charge in [-0.1, -0.05) is 30.3 Å². The van der Waals surface area contributed by atoms with Crippen LogP contribution in [0.1, 0.15) is 5.56 Å². The third-order valence-corrected chi connectivity index (χ3v) is 1.80. The minimum atomic E-state index is 0. The molecule has 0 saturated heterocycles. The molecule has 0 aliphatic carbocycles. The standard InChI is InChI=1S/C11H10N.BrH/c1-2-6-11(7-3-1)10-12-8-4-5-9-12;/h1-8H,10H2;1H/q+1;/p-1. The highest BCUT2D eigenvalue weighted by molar-refractivity contribution is 5.17. The molecule has 1 aromatic rings. The molecular weight excluding hydrogens is 226 g/mol. The van der Waals surface area contributed by atoms with Crippen molar-refractivity contribution in [2.24, 2.45) is 0 Å². The van der Waals surface area contributed by atoms with E-state index in [0.29, 0.717) is 0 Å². The van der Waals surface area contributed by atoms with Crippen LogP contribution >= 0.6 is 0 Å². The van der Waals surface area contributed by atoms with Gasteiger partial charge in [0.25, 0.3) is 0 Å². The van der Waals surface area contributed by atoms with Crippen LogP contribution in [0, 0.1) is 6.20 Å². The van der Waals surface area contributed by atoms with Crippen LogP contribution in [-0.4, -0.2) is 4.90 Å². The summed E-state index contributed by atoms with van der Waals surface area (Å²) in [7, 11) is 0. The maximum Gasteiger partial charge on any atom is 0.156 e. The first-order valence-corrected chi connectivity index (χ1v) is 4.02. The number of allylic oxidation sites excluding steroid dienone is 2. The summed E-state index contributed by atoms with van der Waals surface area (Å²) in [6, 6.07) is 10.4. The Morgan fingerprint density at radius 3 is 2.54 bits per heavy atom. The van der Waals surface area contributed by atoms with Gasteiger partial charge in [0.15, 0.2) is 6.20 Å². The average Bonchev–Trinajstić information content (AvgIpc) is 2.59. The Morgan fingerprint density at radius 1 is 1.15 bits per heavy atom. The van der Waals surface area contributed by atoms with Crippen LogP contribution in [0.15, 0.2) is 48.7 Å². The maximum atomic E-state index is 3.10. The Kier molecular flexibility index (Phi) is 3.69. The predicted octanol–water partition coefficient (Wildman–Crippen LogP) is -0.663. The molecule has 0 bridgehead atoms. The Hall–Kier alpha value is -1.11. The molecule has 0 atom stereocenters. The largest absolute Gasteiger partial charge is 1.00 e. The zero-order valence-electron chi connectivity index (χ0n) is 7.15. The molecule has 0 amide bonds. The lowest BCUT2D eigenvalue weighted by atomic mass is 10.2. The highest BCUT2D eigenvalue weighted by Gasteiger charge is 2.07. The van der Waals surface area contributed by atoms with Crippen LogP contribution in [0.5, 0.6) is 0 Å². The zero-order valence-corrected chi connectivity index (χ0v) is 8.74. The number of rotatable bonds is 2. The van der Waals surface area contributed by atoms with E-state index in [0.717, 1.165) is 6.54 Å². The molecule has 13 heavy (non-hydrogen) atoms. The molecule has 1 aliphatic rings. The summed E-state index contributed by atoms with van der Waals surface area (Å²) in [5.41, 5.74) is 1.31. The van der Waals surface area contributed by atoms with Gasteiger partial charge in [-0.15, -0.1) is 0 Å². The van der Waals surface area contributed by atoms with E-state index >= 15 is 0 Å². The van der Waals surface area contributed by atoms with Crippen molar-refractivity contribution in [2.75, 3.05) is 0 Å². The third-order valence-electron chi connectivity index (χ3n) is 1.80. The van der Waals surface area contributed by atoms with E-state index in [1.54, 1.807) is 0 Å². The van der Waals surface area contributed by atoms with Crippen LogP contribution < -0.4 is 17.0 Å². The second kappa shape index (κ2) is 4.80. The van der Waals surface area contributed by atoms with Crippen molar-refractivity contribution in [3.63, 3.8) is 0 Å². The van der Waals surface area contributed by atoms with Crippen molar-refractivity contribution in [3.8, 4) is 0 Å². The van der Waals surface area contributed by atoms with Crippen molar-refractivity contribution in [1.29, 1.82) is 0 Å². The van der Waals surface area contributed by atoms with Crippen LogP contribution in [0.2, 0.25) is 0 Å². The van der Waals surface area contributed by atoms with Gasteiger partial charge in [-0.05, 0) is 5.56 Å². The quantitative estimate of drug-likeness (QED) is 0.616. The van der Waals surface area contributed by atoms with E-state index in [2.05, 4.69) is 30.5 Å². The van der Waals surface area contributed by atoms with Crippen molar-refractivity contribution in [3.05, 3.63) is 60.4 Å². The summed E-state index contributed by atoms with van der Waals surface area (Å²) in [4.78, 5) is 2.04. The summed E-state index contributed by atoms with van der Waals surface area (Å²) in [6.45, 7) is 0.911. The number of halogens is 1. The van der Waals surface area contributed by atoms with Crippen molar-refractivity contribution in [1.82, 2.24) is 4.90 Å². The molecule has 1 heterocycles.